The number of methoxy groups -OCH3 is 2. The summed E-state index contributed by atoms with van der Waals surface area (Å²) in [5.41, 5.74) is 2.57. The Morgan fingerprint density at radius 3 is 2.31 bits per heavy atom. The van der Waals surface area contributed by atoms with Gasteiger partial charge in [-0.3, -0.25) is 0 Å². The first-order valence-corrected chi connectivity index (χ1v) is 8.95. The van der Waals surface area contributed by atoms with Crippen LogP contribution in [-0.4, -0.2) is 33.4 Å². The maximum atomic E-state index is 9.35. The summed E-state index contributed by atoms with van der Waals surface area (Å²) < 4.78 is 10.7. The number of benzene rings is 2. The van der Waals surface area contributed by atoms with Crippen molar-refractivity contribution in [3.63, 3.8) is 0 Å². The average molecular weight is 372 g/mol. The number of nitrogens with one attached hydrogen (secondary N) is 1. The van der Waals surface area contributed by atoms with Gasteiger partial charge in [0.25, 0.3) is 0 Å². The summed E-state index contributed by atoms with van der Waals surface area (Å²) in [4.78, 5) is 2.25. The van der Waals surface area contributed by atoms with Crippen LogP contribution in [0.25, 0.3) is 0 Å². The molecular formula is C20H22ClN3O2. The van der Waals surface area contributed by atoms with Gasteiger partial charge in [0.2, 0.25) is 0 Å². The molecule has 0 aromatic heterocycles. The van der Waals surface area contributed by atoms with Crippen molar-refractivity contribution in [1.82, 2.24) is 0 Å². The molecule has 0 atom stereocenters. The number of ether oxygens (including phenoxy) is 2. The molecule has 0 radical (unpaired) electrons. The van der Waals surface area contributed by atoms with Crippen molar-refractivity contribution < 1.29 is 9.47 Å². The van der Waals surface area contributed by atoms with Gasteiger partial charge >= 0.3 is 0 Å². The van der Waals surface area contributed by atoms with E-state index in [4.69, 9.17) is 21.1 Å². The number of halogens is 1. The lowest BCUT2D eigenvalue weighted by atomic mass is 10.0. The maximum absolute atomic E-state index is 9.35. The fourth-order valence-electron chi connectivity index (χ4n) is 3.26. The molecule has 26 heavy (non-hydrogen) atoms. The molecule has 2 aromatic rings. The van der Waals surface area contributed by atoms with E-state index in [0.717, 1.165) is 48.8 Å². The van der Waals surface area contributed by atoms with Crippen molar-refractivity contribution in [2.24, 2.45) is 0 Å². The molecule has 1 N–H and O–H groups in total. The van der Waals surface area contributed by atoms with E-state index in [1.807, 2.05) is 30.3 Å². The second-order valence-electron chi connectivity index (χ2n) is 6.28. The summed E-state index contributed by atoms with van der Waals surface area (Å²) in [6.45, 7) is 1.77. The Labute approximate surface area is 159 Å². The average Bonchev–Trinajstić information content (AvgIpc) is 2.68. The van der Waals surface area contributed by atoms with Crippen LogP contribution in [0.15, 0.2) is 36.4 Å². The Kier molecular flexibility index (Phi) is 5.75. The van der Waals surface area contributed by atoms with Crippen molar-refractivity contribution in [2.75, 3.05) is 37.5 Å². The number of nitriles is 1. The molecular weight excluding hydrogens is 350 g/mol. The predicted octanol–water partition coefficient (Wildman–Crippen LogP) is 4.31. The third kappa shape index (κ3) is 4.14. The summed E-state index contributed by atoms with van der Waals surface area (Å²) in [5.74, 6) is 1.54. The van der Waals surface area contributed by atoms with Gasteiger partial charge in [-0.15, -0.1) is 0 Å². The zero-order chi connectivity index (χ0) is 18.5. The van der Waals surface area contributed by atoms with Crippen molar-refractivity contribution >= 4 is 23.0 Å². The quantitative estimate of drug-likeness (QED) is 0.848. The molecule has 1 aliphatic rings. The van der Waals surface area contributed by atoms with Gasteiger partial charge in [0.15, 0.2) is 0 Å². The number of hydrogen-bond acceptors (Lipinski definition) is 5. The van der Waals surface area contributed by atoms with E-state index in [2.05, 4.69) is 16.3 Å². The van der Waals surface area contributed by atoms with E-state index in [1.54, 1.807) is 20.3 Å². The van der Waals surface area contributed by atoms with Gasteiger partial charge in [0.05, 0.1) is 25.5 Å². The largest absolute Gasteiger partial charge is 0.497 e. The van der Waals surface area contributed by atoms with E-state index >= 15 is 0 Å². The molecule has 6 heteroatoms. The lowest BCUT2D eigenvalue weighted by Crippen LogP contribution is -2.39. The molecule has 0 unspecified atom stereocenters. The van der Waals surface area contributed by atoms with Gasteiger partial charge < -0.3 is 19.7 Å². The maximum Gasteiger partial charge on any atom is 0.124 e. The summed E-state index contributed by atoms with van der Waals surface area (Å²) in [5, 5.41) is 13.5. The van der Waals surface area contributed by atoms with Gasteiger partial charge in [0, 0.05) is 48.0 Å². The van der Waals surface area contributed by atoms with E-state index < -0.39 is 0 Å². The summed E-state index contributed by atoms with van der Waals surface area (Å²) in [7, 11) is 3.30. The minimum atomic E-state index is 0.362. The highest BCUT2D eigenvalue weighted by Gasteiger charge is 2.21. The minimum Gasteiger partial charge on any atom is -0.497 e. The van der Waals surface area contributed by atoms with Crippen molar-refractivity contribution in [3.8, 4) is 17.6 Å². The molecule has 0 saturated carbocycles. The van der Waals surface area contributed by atoms with E-state index in [1.165, 1.54) is 0 Å². The molecule has 3 rings (SSSR count). The Morgan fingerprint density at radius 2 is 1.73 bits per heavy atom. The second kappa shape index (κ2) is 8.20. The lowest BCUT2D eigenvalue weighted by Gasteiger charge is -2.35. The van der Waals surface area contributed by atoms with Gasteiger partial charge in [-0.1, -0.05) is 11.6 Å². The number of piperidine rings is 1. The number of anilines is 2. The topological polar surface area (TPSA) is 57.5 Å². The standard InChI is InChI=1S/C20H22ClN3O2/c1-25-18-10-17(11-19(12-18)26-2)23-16-5-7-24(8-6-16)20-4-3-15(21)9-14(20)13-22/h3-4,9-12,16,23H,5-8H2,1-2H3. The molecule has 1 heterocycles. The van der Waals surface area contributed by atoms with Crippen LogP contribution in [0.3, 0.4) is 0 Å². The van der Waals surface area contributed by atoms with Gasteiger partial charge in [-0.25, -0.2) is 0 Å². The number of rotatable bonds is 5. The molecule has 1 aliphatic heterocycles. The molecule has 0 amide bonds. The summed E-state index contributed by atoms with van der Waals surface area (Å²) >= 11 is 6.00. The third-order valence-electron chi connectivity index (χ3n) is 4.64. The number of hydrogen-bond donors (Lipinski definition) is 1. The van der Waals surface area contributed by atoms with E-state index in [0.29, 0.717) is 16.6 Å². The predicted molar refractivity (Wildman–Crippen MR) is 105 cm³/mol. The van der Waals surface area contributed by atoms with Crippen LogP contribution in [0, 0.1) is 11.3 Å². The normalized spacial score (nSPS) is 14.6. The van der Waals surface area contributed by atoms with Crippen LogP contribution in [0.4, 0.5) is 11.4 Å². The van der Waals surface area contributed by atoms with Crippen molar-refractivity contribution in [2.45, 2.75) is 18.9 Å². The Morgan fingerprint density at radius 1 is 1.08 bits per heavy atom. The first-order valence-electron chi connectivity index (χ1n) is 8.57. The van der Waals surface area contributed by atoms with Crippen LogP contribution >= 0.6 is 11.6 Å². The van der Waals surface area contributed by atoms with Crippen LogP contribution in [0.1, 0.15) is 18.4 Å². The zero-order valence-corrected chi connectivity index (χ0v) is 15.7. The Balaban J connectivity index is 1.65. The van der Waals surface area contributed by atoms with Crippen LogP contribution in [-0.2, 0) is 0 Å². The lowest BCUT2D eigenvalue weighted by molar-refractivity contribution is 0.394. The SMILES string of the molecule is COc1cc(NC2CCN(c3ccc(Cl)cc3C#N)CC2)cc(OC)c1. The zero-order valence-electron chi connectivity index (χ0n) is 15.0. The van der Waals surface area contributed by atoms with Crippen molar-refractivity contribution in [3.05, 3.63) is 47.0 Å². The fourth-order valence-corrected chi connectivity index (χ4v) is 3.44. The highest BCUT2D eigenvalue weighted by Crippen LogP contribution is 2.30. The van der Waals surface area contributed by atoms with Gasteiger partial charge in [-0.05, 0) is 31.0 Å². The Hall–Kier alpha value is -2.58. The second-order valence-corrected chi connectivity index (χ2v) is 6.72. The highest BCUT2D eigenvalue weighted by molar-refractivity contribution is 6.30. The molecule has 1 fully saturated rings. The summed E-state index contributed by atoms with van der Waals surface area (Å²) in [6, 6.07) is 13.9. The number of nitrogens with zero attached hydrogens (tertiary/aromatic N) is 2. The Bertz CT molecular complexity index is 789. The third-order valence-corrected chi connectivity index (χ3v) is 4.87. The molecule has 5 nitrogen and oxygen atoms in total. The minimum absolute atomic E-state index is 0.362. The highest BCUT2D eigenvalue weighted by atomic mass is 35.5. The van der Waals surface area contributed by atoms with Crippen molar-refractivity contribution in [1.29, 1.82) is 5.26 Å². The molecule has 136 valence electrons. The fraction of sp³-hybridized carbons (Fsp3) is 0.350. The first kappa shape index (κ1) is 18.2. The molecule has 0 aliphatic carbocycles. The summed E-state index contributed by atoms with van der Waals surface area (Å²) in [6.07, 6.45) is 1.96. The monoisotopic (exact) mass is 371 g/mol. The molecule has 0 spiro atoms. The molecule has 1 saturated heterocycles. The first-order chi connectivity index (χ1) is 12.6. The van der Waals surface area contributed by atoms with Crippen LogP contribution in [0.5, 0.6) is 11.5 Å². The van der Waals surface area contributed by atoms with Crippen LogP contribution < -0.4 is 19.7 Å². The van der Waals surface area contributed by atoms with Gasteiger partial charge in [0.1, 0.15) is 17.6 Å². The van der Waals surface area contributed by atoms with Gasteiger partial charge in [-0.2, -0.15) is 5.26 Å². The van der Waals surface area contributed by atoms with Crippen LogP contribution in [0.2, 0.25) is 5.02 Å². The van der Waals surface area contributed by atoms with E-state index in [-0.39, 0.29) is 0 Å². The molecule has 0 bridgehead atoms. The molecule has 2 aromatic carbocycles. The van der Waals surface area contributed by atoms with E-state index in [9.17, 15) is 5.26 Å². The smallest absolute Gasteiger partial charge is 0.124 e.